The maximum atomic E-state index is 13.5. The third-order valence-corrected chi connectivity index (χ3v) is 12.8. The molecule has 1 atom stereocenters. The Balaban J connectivity index is 2.65. The molecule has 5 nitrogen and oxygen atoms in total. The highest BCUT2D eigenvalue weighted by Crippen LogP contribution is 2.40. The number of carbonyl (C=O) groups is 4. The largest absolute Gasteiger partial charge is 0.461 e. The molecule has 0 bridgehead atoms. The van der Waals surface area contributed by atoms with Crippen molar-refractivity contribution in [3.05, 3.63) is 83.1 Å². The Morgan fingerprint density at radius 3 is 1.58 bits per heavy atom. The predicted octanol–water partition coefficient (Wildman–Crippen LogP) is 17.5. The lowest BCUT2D eigenvalue weighted by molar-refractivity contribution is -0.148. The molecule has 5 heteroatoms. The molecular weight excluding hydrogens is 789 g/mol. The van der Waals surface area contributed by atoms with Crippen molar-refractivity contribution >= 4 is 23.3 Å². The summed E-state index contributed by atoms with van der Waals surface area (Å²) >= 11 is 0. The monoisotopic (exact) mass is 885 g/mol. The summed E-state index contributed by atoms with van der Waals surface area (Å²) in [5, 5.41) is 0. The minimum absolute atomic E-state index is 0.128. The number of allylic oxidation sites excluding steroid dienone is 13. The van der Waals surface area contributed by atoms with Gasteiger partial charge in [-0.3, -0.25) is 14.4 Å². The molecule has 0 saturated carbocycles. The number of carbonyl (C=O) groups excluding carboxylic acids is 4. The molecule has 0 aromatic rings. The molecule has 0 aromatic heterocycles. The van der Waals surface area contributed by atoms with Gasteiger partial charge in [-0.25, -0.2) is 4.79 Å². The molecule has 0 spiro atoms. The van der Waals surface area contributed by atoms with E-state index in [4.69, 9.17) is 4.74 Å². The molecule has 1 aliphatic rings. The van der Waals surface area contributed by atoms with E-state index < -0.39 is 30.1 Å². The molecule has 0 heterocycles. The number of hydrogen-bond donors (Lipinski definition) is 0. The average Bonchev–Trinajstić information content (AvgIpc) is 3.25. The highest BCUT2D eigenvalue weighted by atomic mass is 16.5. The van der Waals surface area contributed by atoms with E-state index in [9.17, 15) is 19.2 Å². The van der Waals surface area contributed by atoms with Crippen LogP contribution in [0.5, 0.6) is 0 Å². The SMILES string of the molecule is CCCCCCCC/C=C\CCCCCCCC(=O)C(=O)C(COC(=O)/C=C(/C)C=CC=C(C)C=CC1=C(C)CCCC1(C)C)C(=O)CCCCCCC/C=C\CCCCCCCC. The van der Waals surface area contributed by atoms with E-state index in [-0.39, 0.29) is 24.0 Å². The number of hydrogen-bond acceptors (Lipinski definition) is 5. The first kappa shape index (κ1) is 58.7. The van der Waals surface area contributed by atoms with Crippen LogP contribution in [-0.4, -0.2) is 29.9 Å². The third-order valence-electron chi connectivity index (χ3n) is 12.8. The highest BCUT2D eigenvalue weighted by molar-refractivity contribution is 6.41. The molecule has 1 rings (SSSR count). The summed E-state index contributed by atoms with van der Waals surface area (Å²) in [5.74, 6) is -3.41. The molecule has 0 N–H and O–H groups in total. The molecule has 0 fully saturated rings. The molecule has 0 aliphatic heterocycles. The summed E-state index contributed by atoms with van der Waals surface area (Å²) in [4.78, 5) is 52.9. The third kappa shape index (κ3) is 30.7. The second-order valence-corrected chi connectivity index (χ2v) is 19.5. The number of rotatable bonds is 40. The van der Waals surface area contributed by atoms with Crippen LogP contribution in [0.1, 0.15) is 248 Å². The van der Waals surface area contributed by atoms with Crippen molar-refractivity contribution in [2.45, 2.75) is 248 Å². The van der Waals surface area contributed by atoms with E-state index in [2.05, 4.69) is 78.0 Å². The summed E-state index contributed by atoms with van der Waals surface area (Å²) in [6.07, 6.45) is 54.7. The van der Waals surface area contributed by atoms with Gasteiger partial charge in [-0.15, -0.1) is 0 Å². The standard InChI is InChI=1S/C59H96O5/c1-8-10-12-14-16-18-20-22-24-26-28-30-32-34-36-43-55(60)53(58(63)56(61)44-37-35-33-31-29-27-25-23-21-19-17-15-13-11-9-2)49-64-57(62)48-51(4)41-38-40-50(3)45-46-54-52(5)42-39-47-59(54,6)7/h22-25,38,40-41,45-46,48,53H,8-21,26-37,39,42-44,47,49H2,1-7H3/b24-22-,25-23-,41-38?,46-45?,50-40?,51-48-. The Morgan fingerprint density at radius 1 is 0.609 bits per heavy atom. The average molecular weight is 885 g/mol. The van der Waals surface area contributed by atoms with Gasteiger partial charge in [0.05, 0.1) is 0 Å². The molecule has 1 aliphatic carbocycles. The van der Waals surface area contributed by atoms with Gasteiger partial charge in [0.25, 0.3) is 0 Å². The lowest BCUT2D eigenvalue weighted by Crippen LogP contribution is -2.34. The van der Waals surface area contributed by atoms with Crippen molar-refractivity contribution in [3.8, 4) is 0 Å². The zero-order valence-electron chi connectivity index (χ0n) is 42.5. The van der Waals surface area contributed by atoms with E-state index in [1.165, 1.54) is 120 Å². The zero-order chi connectivity index (χ0) is 47.1. The molecule has 0 aromatic carbocycles. The fraction of sp³-hybridized carbons (Fsp3) is 0.695. The molecule has 362 valence electrons. The first-order valence-electron chi connectivity index (χ1n) is 26.4. The first-order valence-corrected chi connectivity index (χ1v) is 26.4. The van der Waals surface area contributed by atoms with Crippen LogP contribution in [-0.2, 0) is 23.9 Å². The first-order chi connectivity index (χ1) is 30.9. The maximum Gasteiger partial charge on any atom is 0.331 e. The normalized spacial score (nSPS) is 15.4. The summed E-state index contributed by atoms with van der Waals surface area (Å²) in [5.41, 5.74) is 4.86. The Hall–Kier alpha value is -3.34. The Bertz CT molecular complexity index is 1510. The Morgan fingerprint density at radius 2 is 1.08 bits per heavy atom. The summed E-state index contributed by atoms with van der Waals surface area (Å²) in [6.45, 7) is 14.8. The van der Waals surface area contributed by atoms with Gasteiger partial charge in [0.1, 0.15) is 18.3 Å². The quantitative estimate of drug-likeness (QED) is 0.0117. The number of esters is 1. The van der Waals surface area contributed by atoms with Crippen molar-refractivity contribution in [1.82, 2.24) is 0 Å². The summed E-state index contributed by atoms with van der Waals surface area (Å²) in [6, 6.07) is 0. The highest BCUT2D eigenvalue weighted by Gasteiger charge is 2.32. The van der Waals surface area contributed by atoms with Crippen LogP contribution in [0.25, 0.3) is 0 Å². The molecule has 0 amide bonds. The van der Waals surface area contributed by atoms with Crippen LogP contribution in [0, 0.1) is 11.3 Å². The Kier molecular flexibility index (Phi) is 35.7. The minimum atomic E-state index is -1.24. The molecule has 1 unspecified atom stereocenters. The second-order valence-electron chi connectivity index (χ2n) is 19.5. The van der Waals surface area contributed by atoms with Crippen molar-refractivity contribution in [2.75, 3.05) is 6.61 Å². The van der Waals surface area contributed by atoms with E-state index in [1.807, 2.05) is 25.2 Å². The predicted molar refractivity (Wildman–Crippen MR) is 274 cm³/mol. The smallest absolute Gasteiger partial charge is 0.331 e. The van der Waals surface area contributed by atoms with Gasteiger partial charge in [-0.2, -0.15) is 0 Å². The van der Waals surface area contributed by atoms with E-state index in [0.29, 0.717) is 18.4 Å². The van der Waals surface area contributed by atoms with Gasteiger partial charge in [-0.05, 0) is 121 Å². The lowest BCUT2D eigenvalue weighted by atomic mass is 9.72. The van der Waals surface area contributed by atoms with Crippen LogP contribution in [0.4, 0.5) is 0 Å². The van der Waals surface area contributed by atoms with Crippen molar-refractivity contribution in [2.24, 2.45) is 11.3 Å². The van der Waals surface area contributed by atoms with Gasteiger partial charge in [0.2, 0.25) is 5.78 Å². The van der Waals surface area contributed by atoms with E-state index in [1.54, 1.807) is 0 Å². The number of ether oxygens (including phenoxy) is 1. The fourth-order valence-electron chi connectivity index (χ4n) is 8.61. The van der Waals surface area contributed by atoms with Gasteiger partial charge in [-0.1, -0.05) is 196 Å². The molecule has 64 heavy (non-hydrogen) atoms. The van der Waals surface area contributed by atoms with Gasteiger partial charge in [0.15, 0.2) is 5.78 Å². The topological polar surface area (TPSA) is 77.5 Å². The van der Waals surface area contributed by atoms with Crippen LogP contribution >= 0.6 is 0 Å². The van der Waals surface area contributed by atoms with Crippen LogP contribution < -0.4 is 0 Å². The van der Waals surface area contributed by atoms with Crippen LogP contribution in [0.15, 0.2) is 83.1 Å². The second kappa shape index (κ2) is 38.9. The van der Waals surface area contributed by atoms with Crippen molar-refractivity contribution < 1.29 is 23.9 Å². The Labute approximate surface area is 394 Å². The number of unbranched alkanes of at least 4 members (excludes halogenated alkanes) is 22. The van der Waals surface area contributed by atoms with Gasteiger partial charge < -0.3 is 4.74 Å². The van der Waals surface area contributed by atoms with Crippen molar-refractivity contribution in [3.63, 3.8) is 0 Å². The number of ketones is 3. The molecule has 0 saturated heterocycles. The fourth-order valence-corrected chi connectivity index (χ4v) is 8.61. The molecular formula is C59H96O5. The van der Waals surface area contributed by atoms with Crippen molar-refractivity contribution in [1.29, 1.82) is 0 Å². The van der Waals surface area contributed by atoms with Gasteiger partial charge >= 0.3 is 5.97 Å². The summed E-state index contributed by atoms with van der Waals surface area (Å²) < 4.78 is 5.50. The maximum absolute atomic E-state index is 13.5. The minimum Gasteiger partial charge on any atom is -0.461 e. The molecule has 0 radical (unpaired) electrons. The van der Waals surface area contributed by atoms with Crippen LogP contribution in [0.2, 0.25) is 0 Å². The lowest BCUT2D eigenvalue weighted by Gasteiger charge is -2.32. The number of Topliss-reactive ketones (excluding diaryl/α,β-unsaturated/α-hetero) is 3. The summed E-state index contributed by atoms with van der Waals surface area (Å²) in [7, 11) is 0. The van der Waals surface area contributed by atoms with E-state index >= 15 is 0 Å². The van der Waals surface area contributed by atoms with Gasteiger partial charge in [0, 0.05) is 18.9 Å². The van der Waals surface area contributed by atoms with Crippen LogP contribution in [0.3, 0.4) is 0 Å². The van der Waals surface area contributed by atoms with E-state index in [0.717, 1.165) is 76.2 Å². The zero-order valence-corrected chi connectivity index (χ0v) is 42.5.